The van der Waals surface area contributed by atoms with Gasteiger partial charge in [0.05, 0.1) is 18.6 Å². The Morgan fingerprint density at radius 1 is 0.981 bits per heavy atom. The topological polar surface area (TPSA) is 136 Å². The third-order valence-electron chi connectivity index (χ3n) is 14.2. The number of esters is 2. The van der Waals surface area contributed by atoms with Crippen LogP contribution in [0.1, 0.15) is 70.6 Å². The molecule has 0 spiro atoms. The maximum absolute atomic E-state index is 15.8. The minimum absolute atomic E-state index is 0.00479. The van der Waals surface area contributed by atoms with Crippen LogP contribution in [0.25, 0.3) is 0 Å². The Morgan fingerprint density at radius 2 is 1.69 bits per heavy atom. The van der Waals surface area contributed by atoms with Crippen molar-refractivity contribution < 1.29 is 52.6 Å². The van der Waals surface area contributed by atoms with E-state index in [1.54, 1.807) is 6.92 Å². The van der Waals surface area contributed by atoms with Crippen LogP contribution in [0.15, 0.2) is 72.3 Å². The first kappa shape index (κ1) is 36.2. The molecule has 10 rings (SSSR count). The van der Waals surface area contributed by atoms with Gasteiger partial charge in [-0.15, -0.1) is 0 Å². The summed E-state index contributed by atoms with van der Waals surface area (Å²) in [5, 5.41) is 11.8. The Bertz CT molecular complexity index is 1780. The average molecular weight is 743 g/mol. The fourth-order valence-electron chi connectivity index (χ4n) is 12.2. The monoisotopic (exact) mass is 742 g/mol. The predicted molar refractivity (Wildman–Crippen MR) is 191 cm³/mol. The zero-order chi connectivity index (χ0) is 37.6. The largest absolute Gasteiger partial charge is 0.464 e. The van der Waals surface area contributed by atoms with Gasteiger partial charge < -0.3 is 38.3 Å². The molecule has 288 valence electrons. The second-order valence-electron chi connectivity index (χ2n) is 16.9. The van der Waals surface area contributed by atoms with Crippen molar-refractivity contribution in [2.45, 2.75) is 96.2 Å². The van der Waals surface area contributed by atoms with Crippen molar-refractivity contribution in [3.63, 3.8) is 0 Å². The van der Waals surface area contributed by atoms with Gasteiger partial charge in [-0.1, -0.05) is 99.5 Å². The standard InChI is InChI=1S/C43H50O11/c1-5-48-32(45)21-49-34-35-37(46)43(53-36(34)38(51-35)54-43)50-23-41-20-29-25(4)16-17-30(29)40(22-44)19-28(41)18-31(24(2)3)42(40,41)39(47)52-33(26-12-8-6-9-13-26)27-14-10-7-11-15-27/h6-15,18,22,24-25,28-30,33-38,46H,5,16-17,19-21,23H2,1-4H3. The van der Waals surface area contributed by atoms with E-state index in [2.05, 4.69) is 26.8 Å². The molecule has 8 bridgehead atoms. The molecule has 11 heteroatoms. The Kier molecular flexibility index (Phi) is 8.76. The number of rotatable bonds is 13. The molecule has 13 atom stereocenters. The normalized spacial score (nSPS) is 42.1. The molecule has 0 amide bonds. The van der Waals surface area contributed by atoms with Gasteiger partial charge in [0.1, 0.15) is 36.6 Å². The summed E-state index contributed by atoms with van der Waals surface area (Å²) in [5.74, 6) is -2.53. The van der Waals surface area contributed by atoms with Crippen molar-refractivity contribution >= 4 is 18.2 Å². The number of aliphatic hydroxyl groups excluding tert-OH is 1. The van der Waals surface area contributed by atoms with Gasteiger partial charge in [-0.2, -0.15) is 0 Å². The highest BCUT2D eigenvalue weighted by molar-refractivity contribution is 5.92. The lowest BCUT2D eigenvalue weighted by atomic mass is 9.43. The first-order chi connectivity index (χ1) is 26.1. The van der Waals surface area contributed by atoms with Crippen molar-refractivity contribution in [1.82, 2.24) is 0 Å². The van der Waals surface area contributed by atoms with Crippen LogP contribution >= 0.6 is 0 Å². The predicted octanol–water partition coefficient (Wildman–Crippen LogP) is 5.29. The summed E-state index contributed by atoms with van der Waals surface area (Å²) in [6, 6.07) is 19.5. The van der Waals surface area contributed by atoms with E-state index in [1.807, 2.05) is 60.7 Å². The summed E-state index contributed by atoms with van der Waals surface area (Å²) in [6.07, 6.45) is 0.892. The van der Waals surface area contributed by atoms with Crippen LogP contribution in [0.5, 0.6) is 0 Å². The average Bonchev–Trinajstić information content (AvgIpc) is 3.91. The molecule has 2 aromatic rings. The van der Waals surface area contributed by atoms with Gasteiger partial charge in [0.2, 0.25) is 0 Å². The molecule has 4 aliphatic carbocycles. The summed E-state index contributed by atoms with van der Waals surface area (Å²) in [7, 11) is 0. The zero-order valence-electron chi connectivity index (χ0n) is 31.3. The summed E-state index contributed by atoms with van der Waals surface area (Å²) in [5.41, 5.74) is -0.667. The number of carbonyl (C=O) groups excluding carboxylic acids is 3. The Balaban J connectivity index is 1.11. The van der Waals surface area contributed by atoms with Crippen molar-refractivity contribution in [3.8, 4) is 0 Å². The Morgan fingerprint density at radius 3 is 2.33 bits per heavy atom. The smallest absolute Gasteiger partial charge is 0.332 e. The highest BCUT2D eigenvalue weighted by Gasteiger charge is 2.85. The molecule has 11 nitrogen and oxygen atoms in total. The van der Waals surface area contributed by atoms with E-state index >= 15 is 4.79 Å². The Labute approximate surface area is 315 Å². The molecule has 2 aromatic carbocycles. The summed E-state index contributed by atoms with van der Waals surface area (Å²) in [6.45, 7) is 8.01. The molecule has 13 unspecified atom stereocenters. The molecule has 0 aromatic heterocycles. The number of benzene rings is 2. The van der Waals surface area contributed by atoms with Crippen LogP contribution in [0, 0.1) is 45.8 Å². The highest BCUT2D eigenvalue weighted by Crippen LogP contribution is 2.83. The second kappa shape index (κ2) is 13.1. The van der Waals surface area contributed by atoms with Gasteiger partial charge in [-0.3, -0.25) is 9.53 Å². The van der Waals surface area contributed by atoms with E-state index in [1.165, 1.54) is 0 Å². The van der Waals surface area contributed by atoms with Gasteiger partial charge in [-0.05, 0) is 66.9 Å². The molecule has 4 aliphatic heterocycles. The van der Waals surface area contributed by atoms with Crippen LogP contribution in [-0.2, 0) is 47.5 Å². The first-order valence-electron chi connectivity index (χ1n) is 19.7. The van der Waals surface area contributed by atoms with Gasteiger partial charge >= 0.3 is 17.9 Å². The van der Waals surface area contributed by atoms with Gasteiger partial charge in [0, 0.05) is 5.41 Å². The van der Waals surface area contributed by atoms with Gasteiger partial charge in [0.25, 0.3) is 0 Å². The molecule has 4 heterocycles. The fourth-order valence-corrected chi connectivity index (χ4v) is 12.2. The number of fused-ring (bicyclic) bond motifs is 2. The molecule has 54 heavy (non-hydrogen) atoms. The van der Waals surface area contributed by atoms with E-state index in [4.69, 9.17) is 33.2 Å². The summed E-state index contributed by atoms with van der Waals surface area (Å²) >= 11 is 0. The SMILES string of the molecule is CCOC(=O)COC1C2OC3(OCC45CC6C(C)CCC6C6(C=O)CC4C=C(C(C)C)C65C(=O)OC(c4ccccc4)c4ccccc4)OC2OC1C3O. The van der Waals surface area contributed by atoms with E-state index in [9.17, 15) is 14.7 Å². The first-order valence-corrected chi connectivity index (χ1v) is 19.7. The molecule has 7 fully saturated rings. The third-order valence-corrected chi connectivity index (χ3v) is 14.2. The fraction of sp³-hybridized carbons (Fsp3) is 0.605. The Hall–Kier alpha value is -3.45. The van der Waals surface area contributed by atoms with Gasteiger partial charge in [0.15, 0.2) is 18.5 Å². The zero-order valence-corrected chi connectivity index (χ0v) is 31.3. The molecular weight excluding hydrogens is 692 g/mol. The van der Waals surface area contributed by atoms with Crippen LogP contribution in [0.3, 0.4) is 0 Å². The van der Waals surface area contributed by atoms with Crippen molar-refractivity contribution in [1.29, 1.82) is 0 Å². The quantitative estimate of drug-likeness (QED) is 0.163. The molecule has 3 saturated carbocycles. The molecule has 0 radical (unpaired) electrons. The number of ether oxygens (including phenoxy) is 7. The van der Waals surface area contributed by atoms with E-state index in [0.717, 1.165) is 35.8 Å². The molecule has 4 saturated heterocycles. The van der Waals surface area contributed by atoms with Crippen LogP contribution in [0.2, 0.25) is 0 Å². The molecule has 1 N–H and O–H groups in total. The number of hydrogen-bond donors (Lipinski definition) is 1. The maximum atomic E-state index is 15.8. The van der Waals surface area contributed by atoms with Gasteiger partial charge in [-0.25, -0.2) is 4.79 Å². The van der Waals surface area contributed by atoms with Crippen LogP contribution < -0.4 is 0 Å². The van der Waals surface area contributed by atoms with Crippen molar-refractivity contribution in [3.05, 3.63) is 83.4 Å². The summed E-state index contributed by atoms with van der Waals surface area (Å²) in [4.78, 5) is 42.0. The van der Waals surface area contributed by atoms with E-state index in [-0.39, 0.29) is 43.5 Å². The van der Waals surface area contributed by atoms with Crippen molar-refractivity contribution in [2.75, 3.05) is 19.8 Å². The number of aliphatic hydroxyl groups is 1. The van der Waals surface area contributed by atoms with Crippen LogP contribution in [0.4, 0.5) is 0 Å². The van der Waals surface area contributed by atoms with E-state index < -0.39 is 71.0 Å². The number of aldehydes is 1. The maximum Gasteiger partial charge on any atom is 0.332 e. The molecular formula is C43H50O11. The highest BCUT2D eigenvalue weighted by atomic mass is 17.0. The minimum Gasteiger partial charge on any atom is -0.464 e. The lowest BCUT2D eigenvalue weighted by Gasteiger charge is -2.59. The lowest BCUT2D eigenvalue weighted by molar-refractivity contribution is -0.448. The third kappa shape index (κ3) is 4.78. The second-order valence-corrected chi connectivity index (χ2v) is 16.9. The lowest BCUT2D eigenvalue weighted by Crippen LogP contribution is -2.66. The number of hydrogen-bond acceptors (Lipinski definition) is 11. The van der Waals surface area contributed by atoms with E-state index in [0.29, 0.717) is 18.8 Å². The van der Waals surface area contributed by atoms with Crippen molar-refractivity contribution in [2.24, 2.45) is 45.8 Å². The molecule has 8 aliphatic rings. The number of allylic oxidation sites excluding steroid dienone is 1. The summed E-state index contributed by atoms with van der Waals surface area (Å²) < 4.78 is 43.0. The minimum atomic E-state index is -1.89. The van der Waals surface area contributed by atoms with Crippen LogP contribution in [-0.4, -0.2) is 79.8 Å². The number of carbonyl (C=O) groups is 3.